The predicted molar refractivity (Wildman–Crippen MR) is 31.0 cm³/mol. The summed E-state index contributed by atoms with van der Waals surface area (Å²) >= 11 is 0. The van der Waals surface area contributed by atoms with Gasteiger partial charge in [0.2, 0.25) is 0 Å². The smallest absolute Gasteiger partial charge is 0.300 e. The monoisotopic (exact) mass is 144 g/mol. The number of hydrogen-bond acceptors (Lipinski definition) is 4. The number of hydrogen-bond donors (Lipinski definition) is 0. The Morgan fingerprint density at radius 1 is 1.10 bits per heavy atom. The lowest BCUT2D eigenvalue weighted by Gasteiger charge is -1.81. The Balaban J connectivity index is 0. The second kappa shape index (κ2) is 7.72. The zero-order valence-electron chi connectivity index (χ0n) is 5.84. The lowest BCUT2D eigenvalue weighted by atomic mass is 10.2. The molecule has 0 saturated heterocycles. The number of carbonyl (C=O) groups is 2. The van der Waals surface area contributed by atoms with Crippen molar-refractivity contribution >= 4 is 17.7 Å². The molecule has 0 unspecified atom stereocenters. The summed E-state index contributed by atoms with van der Waals surface area (Å²) in [5, 5.41) is 0. The molecule has 0 saturated carbocycles. The third-order valence-electron chi connectivity index (χ3n) is 0.498. The molecule has 0 aromatic carbocycles. The van der Waals surface area contributed by atoms with Crippen molar-refractivity contribution in [2.24, 2.45) is 0 Å². The van der Waals surface area contributed by atoms with Crippen LogP contribution in [0.3, 0.4) is 0 Å². The van der Waals surface area contributed by atoms with Crippen molar-refractivity contribution in [2.45, 2.75) is 20.3 Å². The van der Waals surface area contributed by atoms with Gasteiger partial charge < -0.3 is 0 Å². The van der Waals surface area contributed by atoms with Gasteiger partial charge in [0.15, 0.2) is 0 Å². The molecule has 4 nitrogen and oxygen atoms in total. The average molecular weight is 144 g/mol. The van der Waals surface area contributed by atoms with Crippen LogP contribution in [0.15, 0.2) is 0 Å². The zero-order valence-corrected chi connectivity index (χ0v) is 5.84. The Morgan fingerprint density at radius 3 is 1.30 bits per heavy atom. The van der Waals surface area contributed by atoms with Gasteiger partial charge in [-0.3, -0.25) is 9.59 Å². The van der Waals surface area contributed by atoms with Gasteiger partial charge >= 0.3 is 6.15 Å². The lowest BCUT2D eigenvalue weighted by molar-refractivity contribution is -0.191. The van der Waals surface area contributed by atoms with Gasteiger partial charge in [-0.2, -0.15) is 9.59 Å². The van der Waals surface area contributed by atoms with Crippen LogP contribution >= 0.6 is 0 Å². The predicted octanol–water partition coefficient (Wildman–Crippen LogP) is -0.0290. The van der Waals surface area contributed by atoms with Crippen LogP contribution in [0.25, 0.3) is 0 Å². The maximum atomic E-state index is 10.0. The SMILES string of the molecule is CC(=O)CC(C)=O.O=C=O. The average Bonchev–Trinajstić information content (AvgIpc) is 1.62. The Kier molecular flexibility index (Phi) is 8.88. The van der Waals surface area contributed by atoms with Crippen LogP contribution in [0.4, 0.5) is 0 Å². The molecule has 0 radical (unpaired) electrons. The molecule has 0 N–H and O–H groups in total. The molecule has 56 valence electrons. The van der Waals surface area contributed by atoms with E-state index in [1.54, 1.807) is 0 Å². The number of Topliss-reactive ketones (excluding diaryl/α,β-unsaturated/α-hetero) is 2. The van der Waals surface area contributed by atoms with Crippen molar-refractivity contribution in [1.29, 1.82) is 0 Å². The summed E-state index contributed by atoms with van der Waals surface area (Å²) in [6.45, 7) is 2.81. The van der Waals surface area contributed by atoms with Crippen molar-refractivity contribution in [3.05, 3.63) is 0 Å². The quantitative estimate of drug-likeness (QED) is 0.510. The molecule has 0 atom stereocenters. The molecule has 0 aliphatic heterocycles. The largest absolute Gasteiger partial charge is 0.373 e. The van der Waals surface area contributed by atoms with Gasteiger partial charge in [-0.25, -0.2) is 0 Å². The van der Waals surface area contributed by atoms with E-state index in [2.05, 4.69) is 0 Å². The molecule has 0 rings (SSSR count). The van der Waals surface area contributed by atoms with Crippen LogP contribution in [0.2, 0.25) is 0 Å². The summed E-state index contributed by atoms with van der Waals surface area (Å²) in [5.74, 6) is -0.125. The van der Waals surface area contributed by atoms with Gasteiger partial charge in [-0.15, -0.1) is 0 Å². The maximum Gasteiger partial charge on any atom is 0.373 e. The minimum Gasteiger partial charge on any atom is -0.300 e. The molecule has 0 spiro atoms. The van der Waals surface area contributed by atoms with E-state index in [9.17, 15) is 9.59 Å². The Morgan fingerprint density at radius 2 is 1.30 bits per heavy atom. The highest BCUT2D eigenvalue weighted by Gasteiger charge is 1.94. The van der Waals surface area contributed by atoms with Gasteiger partial charge in [-0.1, -0.05) is 0 Å². The first kappa shape index (κ1) is 11.5. The fraction of sp³-hybridized carbons (Fsp3) is 0.500. The molecule has 0 aliphatic carbocycles. The van der Waals surface area contributed by atoms with Crippen molar-refractivity contribution < 1.29 is 19.2 Å². The van der Waals surface area contributed by atoms with Gasteiger partial charge in [-0.05, 0) is 13.8 Å². The van der Waals surface area contributed by atoms with Gasteiger partial charge in [0, 0.05) is 0 Å². The minimum atomic E-state index is -0.0625. The molecule has 4 heteroatoms. The summed E-state index contributed by atoms with van der Waals surface area (Å²) in [7, 11) is 0. The van der Waals surface area contributed by atoms with Gasteiger partial charge in [0.25, 0.3) is 0 Å². The zero-order chi connectivity index (χ0) is 8.57. The van der Waals surface area contributed by atoms with E-state index in [4.69, 9.17) is 9.59 Å². The van der Waals surface area contributed by atoms with Gasteiger partial charge in [0.1, 0.15) is 11.6 Å². The molecule has 0 aromatic rings. The second-order valence-corrected chi connectivity index (χ2v) is 1.66. The van der Waals surface area contributed by atoms with E-state index >= 15 is 0 Å². The summed E-state index contributed by atoms with van der Waals surface area (Å²) in [5.41, 5.74) is 0. The van der Waals surface area contributed by atoms with Crippen LogP contribution in [0.1, 0.15) is 20.3 Å². The molecule has 10 heavy (non-hydrogen) atoms. The van der Waals surface area contributed by atoms with Crippen LogP contribution < -0.4 is 0 Å². The Bertz CT molecular complexity index is 141. The summed E-state index contributed by atoms with van der Waals surface area (Å²) < 4.78 is 0. The maximum absolute atomic E-state index is 10.0. The normalized spacial score (nSPS) is 6.60. The van der Waals surface area contributed by atoms with E-state index in [-0.39, 0.29) is 24.1 Å². The second-order valence-electron chi connectivity index (χ2n) is 1.66. The highest BCUT2D eigenvalue weighted by atomic mass is 16.2. The third-order valence-corrected chi connectivity index (χ3v) is 0.498. The molecule has 0 bridgehead atoms. The highest BCUT2D eigenvalue weighted by Crippen LogP contribution is 1.80. The van der Waals surface area contributed by atoms with E-state index < -0.39 is 0 Å². The van der Waals surface area contributed by atoms with E-state index in [0.29, 0.717) is 0 Å². The topological polar surface area (TPSA) is 68.3 Å². The van der Waals surface area contributed by atoms with Crippen LogP contribution in [-0.4, -0.2) is 17.7 Å². The van der Waals surface area contributed by atoms with Crippen LogP contribution in [0, 0.1) is 0 Å². The number of carbonyl (C=O) groups excluding carboxylic acids is 4. The fourth-order valence-electron chi connectivity index (χ4n) is 0.351. The van der Waals surface area contributed by atoms with Crippen molar-refractivity contribution in [3.8, 4) is 0 Å². The Hall–Kier alpha value is -1.28. The molecular weight excluding hydrogens is 136 g/mol. The van der Waals surface area contributed by atoms with Gasteiger partial charge in [0.05, 0.1) is 6.42 Å². The first-order chi connectivity index (χ1) is 4.54. The highest BCUT2D eigenvalue weighted by molar-refractivity contribution is 5.96. The first-order valence-corrected chi connectivity index (χ1v) is 2.52. The van der Waals surface area contributed by atoms with Crippen LogP contribution in [0.5, 0.6) is 0 Å². The van der Waals surface area contributed by atoms with Crippen molar-refractivity contribution in [1.82, 2.24) is 0 Å². The number of ketones is 2. The standard InChI is InChI=1S/C5H8O2.CO2/c1-4(6)3-5(2)7;2-1-3/h3H2,1-2H3;. The third kappa shape index (κ3) is 29.7. The summed E-state index contributed by atoms with van der Waals surface area (Å²) in [6.07, 6.45) is 0.333. The molecule has 0 heterocycles. The molecule has 0 fully saturated rings. The minimum absolute atomic E-state index is 0.0625. The van der Waals surface area contributed by atoms with E-state index in [1.165, 1.54) is 13.8 Å². The van der Waals surface area contributed by atoms with Crippen molar-refractivity contribution in [2.75, 3.05) is 0 Å². The molecule has 0 aliphatic rings. The van der Waals surface area contributed by atoms with Crippen molar-refractivity contribution in [3.63, 3.8) is 0 Å². The Labute approximate surface area is 58.2 Å². The molecule has 0 aromatic heterocycles. The van der Waals surface area contributed by atoms with E-state index in [1.807, 2.05) is 0 Å². The lowest BCUT2D eigenvalue weighted by Crippen LogP contribution is -1.97. The first-order valence-electron chi connectivity index (χ1n) is 2.52. The molecule has 0 amide bonds. The summed E-state index contributed by atoms with van der Waals surface area (Å²) in [4.78, 5) is 36.3. The molecular formula is C6H8O4. The fourth-order valence-corrected chi connectivity index (χ4v) is 0.351. The van der Waals surface area contributed by atoms with E-state index in [0.717, 1.165) is 0 Å². The van der Waals surface area contributed by atoms with Crippen LogP contribution in [-0.2, 0) is 19.2 Å². The number of rotatable bonds is 2. The summed E-state index contributed by atoms with van der Waals surface area (Å²) in [6, 6.07) is 0.